The smallest absolute Gasteiger partial charge is 0.362 e. The number of carbonyl (C=O) groups excluding carboxylic acids is 4. The van der Waals surface area contributed by atoms with Crippen molar-refractivity contribution in [2.75, 3.05) is 145 Å². The number of Topliss-reactive ketones (excluding diaryl/α,β-unsaturated/α-hetero) is 1. The number of ether oxygens (including phenoxy) is 8. The van der Waals surface area contributed by atoms with Gasteiger partial charge < -0.3 is 62.5 Å². The number of benzene rings is 2. The third-order valence-corrected chi connectivity index (χ3v) is 12.2. The van der Waals surface area contributed by atoms with E-state index in [1.807, 2.05) is 66.8 Å². The highest BCUT2D eigenvalue weighted by Crippen LogP contribution is 2.41. The number of nitrogens with zero attached hydrogens (tertiary/aromatic N) is 4. The standard InChI is InChI=1S/C38H56N5O10P.C15H29NO6/c1-4-13-36(45)42-30-31-14-7-8-15-32(31)38-37(33-16-9-10-17-34(33)42)40-41-43(38)20-23-49-25-27-51-29-28-50-26-24-48-22-18-35(44)39-19-11-5-6-12-21-52-54(47-3)53-46-2;1-14(2)15(18)3-5-19-7-9-21-11-12-22-10-8-20-6-4-16-13-17/h7-10,14-17H,4-6,11-13,18-30H2,1-3H3,(H,39,44);13-14H,3-12H2,1-2H3,(H,16,17). The molecule has 0 saturated heterocycles. The maximum Gasteiger partial charge on any atom is 0.362 e. The Morgan fingerprint density at radius 1 is 0.658 bits per heavy atom. The second-order valence-corrected chi connectivity index (χ2v) is 18.5. The topological polar surface area (TPSA) is 237 Å². The van der Waals surface area contributed by atoms with Crippen LogP contribution in [0.1, 0.15) is 77.7 Å². The van der Waals surface area contributed by atoms with Crippen molar-refractivity contribution >= 4 is 38.3 Å². The number of amides is 3. The summed E-state index contributed by atoms with van der Waals surface area (Å²) in [5.41, 5.74) is 5.45. The zero-order chi connectivity index (χ0) is 54.7. The molecule has 1 atom stereocenters. The lowest BCUT2D eigenvalue weighted by Crippen LogP contribution is -2.31. The summed E-state index contributed by atoms with van der Waals surface area (Å²) in [5.74, 6) is 0.365. The van der Waals surface area contributed by atoms with E-state index in [9.17, 15) is 19.2 Å². The zero-order valence-corrected chi connectivity index (χ0v) is 46.4. The third kappa shape index (κ3) is 28.3. The van der Waals surface area contributed by atoms with Crippen molar-refractivity contribution < 1.29 is 75.7 Å². The monoisotopic (exact) mass is 1090 g/mol. The van der Waals surface area contributed by atoms with E-state index in [0.29, 0.717) is 164 Å². The summed E-state index contributed by atoms with van der Waals surface area (Å²) in [5, 5.41) is 14.5. The summed E-state index contributed by atoms with van der Waals surface area (Å²) >= 11 is 0. The molecule has 428 valence electrons. The third-order valence-electron chi connectivity index (χ3n) is 11.2. The average Bonchev–Trinajstić information content (AvgIpc) is 3.84. The predicted octanol–water partition coefficient (Wildman–Crippen LogP) is 6.27. The highest BCUT2D eigenvalue weighted by Gasteiger charge is 2.28. The van der Waals surface area contributed by atoms with Crippen molar-refractivity contribution in [1.29, 1.82) is 0 Å². The van der Waals surface area contributed by atoms with Crippen molar-refractivity contribution in [1.82, 2.24) is 25.6 Å². The fourth-order valence-corrected chi connectivity index (χ4v) is 7.84. The van der Waals surface area contributed by atoms with Crippen LogP contribution in [0.3, 0.4) is 0 Å². The maximum absolute atomic E-state index is 13.2. The summed E-state index contributed by atoms with van der Waals surface area (Å²) < 4.78 is 60.9. The van der Waals surface area contributed by atoms with Crippen LogP contribution in [0.15, 0.2) is 48.5 Å². The van der Waals surface area contributed by atoms with Gasteiger partial charge in [0.25, 0.3) is 0 Å². The number of para-hydroxylation sites is 1. The van der Waals surface area contributed by atoms with Gasteiger partial charge in [-0.1, -0.05) is 81.3 Å². The molecule has 2 N–H and O–H groups in total. The minimum absolute atomic E-state index is 0.0205. The summed E-state index contributed by atoms with van der Waals surface area (Å²) in [7, 11) is 1.47. The van der Waals surface area contributed by atoms with E-state index in [1.165, 1.54) is 14.2 Å². The number of aromatic nitrogens is 3. The van der Waals surface area contributed by atoms with Gasteiger partial charge in [0.15, 0.2) is 0 Å². The van der Waals surface area contributed by atoms with E-state index < -0.39 is 8.60 Å². The van der Waals surface area contributed by atoms with Crippen molar-refractivity contribution in [2.45, 2.75) is 85.2 Å². The minimum atomic E-state index is -1.45. The van der Waals surface area contributed by atoms with Gasteiger partial charge in [0.05, 0.1) is 144 Å². The SMILES string of the molecule is CC(C)C(=O)CCOCCOCCOCCOCCNC=O.CCCC(=O)N1Cc2ccccc2-c2c(nnn2CCOCCOCCOCCOCCC(=O)NCCCCCCOP(OC)OOC)-c2ccccc21. The molecule has 1 aliphatic rings. The summed E-state index contributed by atoms with van der Waals surface area (Å²) in [6.45, 7) is 15.8. The molecule has 3 amide bonds. The van der Waals surface area contributed by atoms with Crippen molar-refractivity contribution in [2.24, 2.45) is 5.92 Å². The van der Waals surface area contributed by atoms with Crippen LogP contribution in [0, 0.1) is 5.92 Å². The van der Waals surface area contributed by atoms with E-state index in [-0.39, 0.29) is 23.5 Å². The van der Waals surface area contributed by atoms with Gasteiger partial charge in [0.2, 0.25) is 18.2 Å². The van der Waals surface area contributed by atoms with Crippen LogP contribution in [0.4, 0.5) is 5.69 Å². The molecular weight excluding hydrogens is 1010 g/mol. The van der Waals surface area contributed by atoms with E-state index >= 15 is 0 Å². The Morgan fingerprint density at radius 2 is 1.22 bits per heavy atom. The molecular formula is C53H85N6O16P. The number of anilines is 1. The Hall–Kier alpha value is -4.39. The number of hydrogen-bond donors (Lipinski definition) is 2. The van der Waals surface area contributed by atoms with Gasteiger partial charge in [-0.3, -0.25) is 19.2 Å². The summed E-state index contributed by atoms with van der Waals surface area (Å²) in [6.07, 6.45) is 6.45. The molecule has 3 aromatic rings. The molecule has 23 heteroatoms. The number of unbranched alkanes of at least 4 members (excludes halogenated alkanes) is 3. The normalized spacial score (nSPS) is 12.2. The van der Waals surface area contributed by atoms with Gasteiger partial charge in [-0.25, -0.2) is 9.57 Å². The second-order valence-electron chi connectivity index (χ2n) is 17.3. The van der Waals surface area contributed by atoms with Crippen LogP contribution < -0.4 is 15.5 Å². The molecule has 76 heavy (non-hydrogen) atoms. The first-order chi connectivity index (χ1) is 37.2. The van der Waals surface area contributed by atoms with Crippen LogP contribution in [0.5, 0.6) is 0 Å². The summed E-state index contributed by atoms with van der Waals surface area (Å²) in [6, 6.07) is 16.0. The van der Waals surface area contributed by atoms with Crippen molar-refractivity contribution in [3.63, 3.8) is 0 Å². The number of fused-ring (bicyclic) bond motifs is 5. The van der Waals surface area contributed by atoms with Crippen molar-refractivity contribution in [3.05, 3.63) is 54.1 Å². The Bertz CT molecular complexity index is 2000. The first-order valence-corrected chi connectivity index (χ1v) is 27.5. The molecule has 1 aromatic heterocycles. The lowest BCUT2D eigenvalue weighted by molar-refractivity contribution is -0.189. The molecule has 4 rings (SSSR count). The van der Waals surface area contributed by atoms with Gasteiger partial charge in [0, 0.05) is 56.5 Å². The number of rotatable bonds is 45. The first-order valence-electron chi connectivity index (χ1n) is 26.4. The van der Waals surface area contributed by atoms with Crippen LogP contribution in [0.25, 0.3) is 22.5 Å². The lowest BCUT2D eigenvalue weighted by Gasteiger charge is -2.28. The highest BCUT2D eigenvalue weighted by molar-refractivity contribution is 7.41. The van der Waals surface area contributed by atoms with E-state index in [4.69, 9.17) is 51.6 Å². The number of nitrogens with one attached hydrogen (secondary N) is 2. The Labute approximate surface area is 450 Å². The number of ketones is 1. The Kier molecular flexibility index (Phi) is 37.8. The van der Waals surface area contributed by atoms with Crippen LogP contribution in [-0.2, 0) is 88.8 Å². The van der Waals surface area contributed by atoms with Gasteiger partial charge in [-0.05, 0) is 30.9 Å². The highest BCUT2D eigenvalue weighted by atomic mass is 31.2. The van der Waals surface area contributed by atoms with Gasteiger partial charge in [-0.2, -0.15) is 4.67 Å². The molecule has 0 bridgehead atoms. The van der Waals surface area contributed by atoms with Gasteiger partial charge in [0.1, 0.15) is 11.5 Å². The van der Waals surface area contributed by atoms with Gasteiger partial charge in [-0.15, -0.1) is 5.10 Å². The Morgan fingerprint density at radius 3 is 1.83 bits per heavy atom. The molecule has 0 fully saturated rings. The zero-order valence-electron chi connectivity index (χ0n) is 45.5. The van der Waals surface area contributed by atoms with Crippen LogP contribution in [0.2, 0.25) is 0 Å². The van der Waals surface area contributed by atoms with Crippen molar-refractivity contribution in [3.8, 4) is 22.5 Å². The second kappa shape index (κ2) is 43.6. The van der Waals surface area contributed by atoms with E-state index in [2.05, 4.69) is 38.0 Å². The lowest BCUT2D eigenvalue weighted by atomic mass is 9.95. The molecule has 1 unspecified atom stereocenters. The van der Waals surface area contributed by atoms with E-state index in [0.717, 1.165) is 65.9 Å². The number of carbonyl (C=O) groups is 4. The molecule has 1 aliphatic heterocycles. The largest absolute Gasteiger partial charge is 0.379 e. The quantitative estimate of drug-likeness (QED) is 0.0208. The molecule has 0 radical (unpaired) electrons. The Balaban J connectivity index is 0.000000581. The molecule has 0 aliphatic carbocycles. The van der Waals surface area contributed by atoms with E-state index in [1.54, 1.807) is 0 Å². The molecule has 0 spiro atoms. The van der Waals surface area contributed by atoms with Crippen LogP contribution >= 0.6 is 8.60 Å². The number of hydrogen-bond acceptors (Lipinski definition) is 18. The molecule has 2 heterocycles. The van der Waals surface area contributed by atoms with Gasteiger partial charge >= 0.3 is 8.60 Å². The molecule has 0 saturated carbocycles. The maximum atomic E-state index is 13.2. The fraction of sp³-hybridized carbons (Fsp3) is 0.660. The molecule has 22 nitrogen and oxygen atoms in total. The summed E-state index contributed by atoms with van der Waals surface area (Å²) in [4.78, 5) is 52.9. The predicted molar refractivity (Wildman–Crippen MR) is 286 cm³/mol. The molecule has 2 aromatic carbocycles. The fourth-order valence-electron chi connectivity index (χ4n) is 7.24. The average molecular weight is 1090 g/mol. The first kappa shape index (κ1) is 65.9. The van der Waals surface area contributed by atoms with Crippen LogP contribution in [-0.4, -0.2) is 179 Å². The minimum Gasteiger partial charge on any atom is -0.379 e.